The zero-order valence-corrected chi connectivity index (χ0v) is 9.80. The second kappa shape index (κ2) is 3.85. The molecular formula is C11H13BrFNO. The molecule has 0 aliphatic heterocycles. The summed E-state index contributed by atoms with van der Waals surface area (Å²) in [6.07, 6.45) is 0.835. The van der Waals surface area contributed by atoms with Gasteiger partial charge in [0.15, 0.2) is 0 Å². The molecule has 3 N–H and O–H groups in total. The highest BCUT2D eigenvalue weighted by Gasteiger charge is 2.53. The Morgan fingerprint density at radius 3 is 2.87 bits per heavy atom. The van der Waals surface area contributed by atoms with E-state index < -0.39 is 0 Å². The van der Waals surface area contributed by atoms with Gasteiger partial charge in [-0.1, -0.05) is 15.9 Å². The topological polar surface area (TPSA) is 46.2 Å². The van der Waals surface area contributed by atoms with E-state index in [0.717, 1.165) is 16.5 Å². The number of hydrogen-bond acceptors (Lipinski definition) is 2. The second-order valence-electron chi connectivity index (χ2n) is 4.15. The maximum atomic E-state index is 13.1. The molecule has 15 heavy (non-hydrogen) atoms. The van der Waals surface area contributed by atoms with Crippen LogP contribution < -0.4 is 5.73 Å². The molecule has 0 aromatic heterocycles. The van der Waals surface area contributed by atoms with Gasteiger partial charge in [-0.05, 0) is 36.1 Å². The third-order valence-electron chi connectivity index (χ3n) is 3.24. The van der Waals surface area contributed by atoms with Gasteiger partial charge < -0.3 is 10.8 Å². The molecule has 0 heterocycles. The highest BCUT2D eigenvalue weighted by Crippen LogP contribution is 2.59. The molecular weight excluding hydrogens is 261 g/mol. The molecule has 1 aromatic carbocycles. The van der Waals surface area contributed by atoms with Crippen LogP contribution in [-0.2, 0) is 0 Å². The Hall–Kier alpha value is -0.450. The van der Waals surface area contributed by atoms with Gasteiger partial charge in [0.1, 0.15) is 5.82 Å². The van der Waals surface area contributed by atoms with Crippen LogP contribution in [0, 0.1) is 11.2 Å². The average Bonchev–Trinajstić information content (AvgIpc) is 2.97. The van der Waals surface area contributed by atoms with Crippen molar-refractivity contribution in [3.63, 3.8) is 0 Å². The fraction of sp³-hybridized carbons (Fsp3) is 0.455. The fourth-order valence-electron chi connectivity index (χ4n) is 2.03. The van der Waals surface area contributed by atoms with Crippen molar-refractivity contribution in [2.45, 2.75) is 12.3 Å². The average molecular weight is 274 g/mol. The van der Waals surface area contributed by atoms with Crippen LogP contribution in [0.2, 0.25) is 0 Å². The van der Waals surface area contributed by atoms with E-state index in [1.165, 1.54) is 12.1 Å². The SMILES string of the molecule is NCC1(CO)CC1c1cc(F)ccc1Br. The van der Waals surface area contributed by atoms with Crippen LogP contribution >= 0.6 is 15.9 Å². The van der Waals surface area contributed by atoms with Crippen LogP contribution in [0.25, 0.3) is 0 Å². The van der Waals surface area contributed by atoms with Gasteiger partial charge in [-0.25, -0.2) is 4.39 Å². The quantitative estimate of drug-likeness (QED) is 0.885. The van der Waals surface area contributed by atoms with E-state index >= 15 is 0 Å². The number of aliphatic hydroxyl groups is 1. The highest BCUT2D eigenvalue weighted by molar-refractivity contribution is 9.10. The van der Waals surface area contributed by atoms with Crippen LogP contribution in [0.3, 0.4) is 0 Å². The monoisotopic (exact) mass is 273 g/mol. The summed E-state index contributed by atoms with van der Waals surface area (Å²) in [5.41, 5.74) is 6.31. The first-order chi connectivity index (χ1) is 7.13. The van der Waals surface area contributed by atoms with Gasteiger partial charge in [-0.3, -0.25) is 0 Å². The molecule has 0 bridgehead atoms. The van der Waals surface area contributed by atoms with Gasteiger partial charge in [0.25, 0.3) is 0 Å². The standard InChI is InChI=1S/C11H13BrFNO/c12-10-2-1-7(13)3-8(10)9-4-11(9,5-14)6-15/h1-3,9,15H,4-6,14H2. The van der Waals surface area contributed by atoms with Gasteiger partial charge in [0, 0.05) is 16.4 Å². The molecule has 4 heteroatoms. The van der Waals surface area contributed by atoms with Crippen LogP contribution in [0.1, 0.15) is 17.9 Å². The predicted octanol–water partition coefficient (Wildman–Crippen LogP) is 2.01. The van der Waals surface area contributed by atoms with Gasteiger partial charge in [0.2, 0.25) is 0 Å². The van der Waals surface area contributed by atoms with Gasteiger partial charge >= 0.3 is 0 Å². The zero-order valence-electron chi connectivity index (χ0n) is 8.21. The normalized spacial score (nSPS) is 29.2. The Kier molecular flexibility index (Phi) is 2.83. The molecule has 1 aliphatic carbocycles. The van der Waals surface area contributed by atoms with E-state index in [0.29, 0.717) is 6.54 Å². The van der Waals surface area contributed by atoms with Crippen molar-refractivity contribution in [1.29, 1.82) is 0 Å². The largest absolute Gasteiger partial charge is 0.396 e. The predicted molar refractivity (Wildman–Crippen MR) is 60.0 cm³/mol. The third-order valence-corrected chi connectivity index (χ3v) is 3.97. The molecule has 0 saturated heterocycles. The van der Waals surface area contributed by atoms with Crippen molar-refractivity contribution in [1.82, 2.24) is 0 Å². The Morgan fingerprint density at radius 1 is 1.60 bits per heavy atom. The maximum Gasteiger partial charge on any atom is 0.123 e. The smallest absolute Gasteiger partial charge is 0.123 e. The van der Waals surface area contributed by atoms with Crippen molar-refractivity contribution in [2.24, 2.45) is 11.1 Å². The summed E-state index contributed by atoms with van der Waals surface area (Å²) in [4.78, 5) is 0. The second-order valence-corrected chi connectivity index (χ2v) is 5.00. The van der Waals surface area contributed by atoms with Crippen LogP contribution in [0.15, 0.2) is 22.7 Å². The van der Waals surface area contributed by atoms with Crippen molar-refractivity contribution in [3.8, 4) is 0 Å². The van der Waals surface area contributed by atoms with Crippen molar-refractivity contribution in [2.75, 3.05) is 13.2 Å². The lowest BCUT2D eigenvalue weighted by Gasteiger charge is -2.12. The summed E-state index contributed by atoms with van der Waals surface area (Å²) in [7, 11) is 0. The minimum absolute atomic E-state index is 0.0666. The molecule has 2 atom stereocenters. The van der Waals surface area contributed by atoms with Crippen LogP contribution in [-0.4, -0.2) is 18.3 Å². The highest BCUT2D eigenvalue weighted by atomic mass is 79.9. The lowest BCUT2D eigenvalue weighted by atomic mass is 10.00. The van der Waals surface area contributed by atoms with E-state index in [9.17, 15) is 9.50 Å². The molecule has 1 aliphatic rings. The number of nitrogens with two attached hydrogens (primary N) is 1. The number of aliphatic hydroxyl groups excluding tert-OH is 1. The summed E-state index contributed by atoms with van der Waals surface area (Å²) >= 11 is 3.39. The Balaban J connectivity index is 2.29. The fourth-order valence-corrected chi connectivity index (χ4v) is 2.56. The molecule has 2 nitrogen and oxygen atoms in total. The van der Waals surface area contributed by atoms with Crippen molar-refractivity contribution >= 4 is 15.9 Å². The van der Waals surface area contributed by atoms with E-state index in [2.05, 4.69) is 15.9 Å². The van der Waals surface area contributed by atoms with E-state index in [1.807, 2.05) is 0 Å². The molecule has 82 valence electrons. The van der Waals surface area contributed by atoms with Crippen LogP contribution in [0.4, 0.5) is 4.39 Å². The summed E-state index contributed by atoms with van der Waals surface area (Å²) in [6.45, 7) is 0.508. The number of benzene rings is 1. The number of hydrogen-bond donors (Lipinski definition) is 2. The molecule has 2 unspecified atom stereocenters. The van der Waals surface area contributed by atoms with Gasteiger partial charge in [0.05, 0.1) is 6.61 Å². The lowest BCUT2D eigenvalue weighted by Crippen LogP contribution is -2.21. The Morgan fingerprint density at radius 2 is 2.33 bits per heavy atom. The van der Waals surface area contributed by atoms with E-state index in [1.54, 1.807) is 6.07 Å². The van der Waals surface area contributed by atoms with E-state index in [4.69, 9.17) is 5.73 Å². The zero-order chi connectivity index (χ0) is 11.1. The van der Waals surface area contributed by atoms with Crippen molar-refractivity contribution in [3.05, 3.63) is 34.1 Å². The minimum atomic E-state index is -0.246. The maximum absolute atomic E-state index is 13.1. The summed E-state index contributed by atoms with van der Waals surface area (Å²) in [5, 5.41) is 9.26. The molecule has 2 rings (SSSR count). The molecule has 0 spiro atoms. The number of rotatable bonds is 3. The molecule has 0 amide bonds. The number of halogens is 2. The lowest BCUT2D eigenvalue weighted by molar-refractivity contribution is 0.211. The Labute approximate surface area is 96.4 Å². The first-order valence-corrected chi connectivity index (χ1v) is 5.68. The summed E-state index contributed by atoms with van der Waals surface area (Å²) < 4.78 is 14.0. The van der Waals surface area contributed by atoms with Gasteiger partial charge in [-0.15, -0.1) is 0 Å². The first-order valence-electron chi connectivity index (χ1n) is 4.89. The Bertz CT molecular complexity index is 379. The van der Waals surface area contributed by atoms with E-state index in [-0.39, 0.29) is 23.8 Å². The molecule has 1 fully saturated rings. The van der Waals surface area contributed by atoms with Gasteiger partial charge in [-0.2, -0.15) is 0 Å². The molecule has 0 radical (unpaired) electrons. The first kappa shape index (κ1) is 11.0. The minimum Gasteiger partial charge on any atom is -0.396 e. The third kappa shape index (κ3) is 1.82. The molecule has 1 saturated carbocycles. The molecule has 1 aromatic rings. The van der Waals surface area contributed by atoms with Crippen molar-refractivity contribution < 1.29 is 9.50 Å². The van der Waals surface area contributed by atoms with Crippen LogP contribution in [0.5, 0.6) is 0 Å². The summed E-state index contributed by atoms with van der Waals surface area (Å²) in [5.74, 6) is -0.0680. The summed E-state index contributed by atoms with van der Waals surface area (Å²) in [6, 6.07) is 4.63.